The van der Waals surface area contributed by atoms with E-state index in [-0.39, 0.29) is 0 Å². The first-order valence-electron chi connectivity index (χ1n) is 6.61. The number of anilines is 1. The molecule has 0 bridgehead atoms. The van der Waals surface area contributed by atoms with Crippen LogP contribution in [0.15, 0.2) is 18.5 Å². The summed E-state index contributed by atoms with van der Waals surface area (Å²) < 4.78 is 1.75. The van der Waals surface area contributed by atoms with Gasteiger partial charge in [-0.1, -0.05) is 12.8 Å². The molecule has 0 radical (unpaired) electrons. The minimum Gasteiger partial charge on any atom is -0.308 e. The number of aromatic nitrogens is 4. The summed E-state index contributed by atoms with van der Waals surface area (Å²) in [5.41, 5.74) is 4.63. The van der Waals surface area contributed by atoms with Crippen LogP contribution in [0.25, 0.3) is 11.4 Å². The quantitative estimate of drug-likeness (QED) is 0.648. The van der Waals surface area contributed by atoms with Gasteiger partial charge < -0.3 is 5.43 Å². The predicted molar refractivity (Wildman–Crippen MR) is 73.3 cm³/mol. The van der Waals surface area contributed by atoms with Crippen molar-refractivity contribution in [3.63, 3.8) is 0 Å². The third-order valence-electron chi connectivity index (χ3n) is 3.63. The van der Waals surface area contributed by atoms with E-state index in [1.165, 1.54) is 25.7 Å². The molecule has 2 aromatic rings. The predicted octanol–water partition coefficient (Wildman–Crippen LogP) is 1.82. The van der Waals surface area contributed by atoms with Gasteiger partial charge in [-0.2, -0.15) is 5.10 Å². The lowest BCUT2D eigenvalue weighted by molar-refractivity contribution is 0.695. The number of hydrogen-bond acceptors (Lipinski definition) is 5. The zero-order valence-corrected chi connectivity index (χ0v) is 11.0. The SMILES string of the molecule is Cn1cc(-c2nc(NN)cc(C3CCCC3)n2)cn1. The molecular formula is C13H18N6. The second-order valence-electron chi connectivity index (χ2n) is 5.03. The van der Waals surface area contributed by atoms with E-state index in [1.54, 1.807) is 10.9 Å². The lowest BCUT2D eigenvalue weighted by Gasteiger charge is -2.11. The number of aryl methyl sites for hydroxylation is 1. The van der Waals surface area contributed by atoms with Gasteiger partial charge in [-0.25, -0.2) is 15.8 Å². The van der Waals surface area contributed by atoms with Crippen LogP contribution in [0.4, 0.5) is 5.82 Å². The molecule has 0 aliphatic heterocycles. The average molecular weight is 258 g/mol. The van der Waals surface area contributed by atoms with E-state index in [0.717, 1.165) is 11.3 Å². The van der Waals surface area contributed by atoms with Crippen LogP contribution >= 0.6 is 0 Å². The molecule has 1 fully saturated rings. The molecular weight excluding hydrogens is 240 g/mol. The fourth-order valence-electron chi connectivity index (χ4n) is 2.64. The molecule has 2 heterocycles. The number of nitrogens with zero attached hydrogens (tertiary/aromatic N) is 4. The number of nitrogen functional groups attached to an aromatic ring is 1. The first kappa shape index (κ1) is 12.1. The number of nitrogens with two attached hydrogens (primary N) is 1. The van der Waals surface area contributed by atoms with Crippen molar-refractivity contribution in [3.05, 3.63) is 24.2 Å². The minimum absolute atomic E-state index is 0.533. The van der Waals surface area contributed by atoms with E-state index in [9.17, 15) is 0 Å². The van der Waals surface area contributed by atoms with E-state index in [2.05, 4.69) is 20.5 Å². The van der Waals surface area contributed by atoms with Crippen LogP contribution < -0.4 is 11.3 Å². The Kier molecular flexibility index (Phi) is 3.16. The fraction of sp³-hybridized carbons (Fsp3) is 0.462. The van der Waals surface area contributed by atoms with Gasteiger partial charge in [0, 0.05) is 30.9 Å². The summed E-state index contributed by atoms with van der Waals surface area (Å²) >= 11 is 0. The van der Waals surface area contributed by atoms with Gasteiger partial charge in [0.25, 0.3) is 0 Å². The third kappa shape index (κ3) is 2.44. The van der Waals surface area contributed by atoms with Crippen molar-refractivity contribution >= 4 is 5.82 Å². The first-order valence-corrected chi connectivity index (χ1v) is 6.61. The Labute approximate surface area is 112 Å². The molecule has 6 heteroatoms. The standard InChI is InChI=1S/C13H18N6/c1-19-8-10(7-15-19)13-16-11(6-12(17-13)18-14)9-4-2-3-5-9/h6-9H,2-5,14H2,1H3,(H,16,17,18). The Morgan fingerprint density at radius 3 is 2.74 bits per heavy atom. The monoisotopic (exact) mass is 258 g/mol. The van der Waals surface area contributed by atoms with Gasteiger partial charge in [0.15, 0.2) is 5.82 Å². The number of hydrogen-bond donors (Lipinski definition) is 2. The lowest BCUT2D eigenvalue weighted by atomic mass is 10.0. The van der Waals surface area contributed by atoms with E-state index < -0.39 is 0 Å². The van der Waals surface area contributed by atoms with Gasteiger partial charge in [0.05, 0.1) is 11.8 Å². The molecule has 1 saturated carbocycles. The summed E-state index contributed by atoms with van der Waals surface area (Å²) in [4.78, 5) is 9.09. The summed E-state index contributed by atoms with van der Waals surface area (Å²) in [6.45, 7) is 0. The summed E-state index contributed by atoms with van der Waals surface area (Å²) in [6.07, 6.45) is 8.65. The zero-order chi connectivity index (χ0) is 13.2. The number of rotatable bonds is 3. The van der Waals surface area contributed by atoms with Crippen LogP contribution in [0.2, 0.25) is 0 Å². The van der Waals surface area contributed by atoms with Crippen LogP contribution in [0, 0.1) is 0 Å². The second-order valence-corrected chi connectivity index (χ2v) is 5.03. The molecule has 3 N–H and O–H groups in total. The highest BCUT2D eigenvalue weighted by Gasteiger charge is 2.20. The van der Waals surface area contributed by atoms with Gasteiger partial charge in [0.2, 0.25) is 0 Å². The maximum absolute atomic E-state index is 5.51. The molecule has 1 aliphatic rings. The molecule has 0 aromatic carbocycles. The van der Waals surface area contributed by atoms with Crippen LogP contribution in [-0.2, 0) is 7.05 Å². The van der Waals surface area contributed by atoms with E-state index in [4.69, 9.17) is 5.84 Å². The van der Waals surface area contributed by atoms with Gasteiger partial charge in [0.1, 0.15) is 5.82 Å². The minimum atomic E-state index is 0.533. The Balaban J connectivity index is 2.01. The average Bonchev–Trinajstić information content (AvgIpc) is 3.09. The smallest absolute Gasteiger partial charge is 0.165 e. The maximum atomic E-state index is 5.51. The highest BCUT2D eigenvalue weighted by Crippen LogP contribution is 2.34. The molecule has 0 amide bonds. The highest BCUT2D eigenvalue weighted by molar-refractivity contribution is 5.55. The number of nitrogens with one attached hydrogen (secondary N) is 1. The zero-order valence-electron chi connectivity index (χ0n) is 11.0. The second kappa shape index (κ2) is 4.97. The molecule has 0 saturated heterocycles. The molecule has 0 unspecified atom stereocenters. The number of hydrazine groups is 1. The molecule has 0 atom stereocenters. The Morgan fingerprint density at radius 1 is 1.32 bits per heavy atom. The topological polar surface area (TPSA) is 81.7 Å². The van der Waals surface area contributed by atoms with Gasteiger partial charge >= 0.3 is 0 Å². The van der Waals surface area contributed by atoms with Gasteiger partial charge in [-0.3, -0.25) is 4.68 Å². The first-order chi connectivity index (χ1) is 9.26. The van der Waals surface area contributed by atoms with Crippen LogP contribution in [-0.4, -0.2) is 19.7 Å². The van der Waals surface area contributed by atoms with Crippen LogP contribution in [0.3, 0.4) is 0 Å². The maximum Gasteiger partial charge on any atom is 0.165 e. The largest absolute Gasteiger partial charge is 0.308 e. The molecule has 19 heavy (non-hydrogen) atoms. The molecule has 0 spiro atoms. The van der Waals surface area contributed by atoms with Crippen molar-refractivity contribution in [1.29, 1.82) is 0 Å². The molecule has 2 aromatic heterocycles. The summed E-state index contributed by atoms with van der Waals surface area (Å²) in [5, 5.41) is 4.16. The highest BCUT2D eigenvalue weighted by atomic mass is 15.3. The normalized spacial score (nSPS) is 15.9. The summed E-state index contributed by atoms with van der Waals surface area (Å²) in [5.74, 6) is 7.39. The van der Waals surface area contributed by atoms with Crippen molar-refractivity contribution in [2.75, 3.05) is 5.43 Å². The van der Waals surface area contributed by atoms with Crippen molar-refractivity contribution in [2.24, 2.45) is 12.9 Å². The lowest BCUT2D eigenvalue weighted by Crippen LogP contribution is -2.11. The summed E-state index contributed by atoms with van der Waals surface area (Å²) in [7, 11) is 1.88. The van der Waals surface area contributed by atoms with Crippen molar-refractivity contribution in [2.45, 2.75) is 31.6 Å². The van der Waals surface area contributed by atoms with Crippen LogP contribution in [0.1, 0.15) is 37.3 Å². The fourth-order valence-corrected chi connectivity index (χ4v) is 2.64. The van der Waals surface area contributed by atoms with Gasteiger partial charge in [-0.05, 0) is 12.8 Å². The summed E-state index contributed by atoms with van der Waals surface area (Å²) in [6, 6.07) is 1.95. The van der Waals surface area contributed by atoms with Gasteiger partial charge in [-0.15, -0.1) is 0 Å². The Morgan fingerprint density at radius 2 is 2.11 bits per heavy atom. The molecule has 100 valence electrons. The Bertz CT molecular complexity index is 570. The van der Waals surface area contributed by atoms with E-state index in [0.29, 0.717) is 17.6 Å². The van der Waals surface area contributed by atoms with Crippen molar-refractivity contribution in [3.8, 4) is 11.4 Å². The Hall–Kier alpha value is -1.95. The van der Waals surface area contributed by atoms with E-state index in [1.807, 2.05) is 19.3 Å². The third-order valence-corrected chi connectivity index (χ3v) is 3.63. The van der Waals surface area contributed by atoms with Crippen molar-refractivity contribution in [1.82, 2.24) is 19.7 Å². The molecule has 6 nitrogen and oxygen atoms in total. The van der Waals surface area contributed by atoms with E-state index >= 15 is 0 Å². The molecule has 1 aliphatic carbocycles. The molecule has 3 rings (SSSR count). The van der Waals surface area contributed by atoms with Crippen LogP contribution in [0.5, 0.6) is 0 Å². The van der Waals surface area contributed by atoms with Crippen molar-refractivity contribution < 1.29 is 0 Å².